The summed E-state index contributed by atoms with van der Waals surface area (Å²) >= 11 is 0. The second kappa shape index (κ2) is 8.90. The normalized spacial score (nSPS) is 15.6. The molecule has 0 radical (unpaired) electrons. The highest BCUT2D eigenvalue weighted by molar-refractivity contribution is 5.74. The van der Waals surface area contributed by atoms with E-state index in [1.165, 1.54) is 17.3 Å². The number of carbonyl (C=O) groups excluding carboxylic acids is 1. The first-order chi connectivity index (χ1) is 14.2. The van der Waals surface area contributed by atoms with Crippen LogP contribution in [0.15, 0.2) is 60.8 Å². The number of halogens is 1. The Labute approximate surface area is 169 Å². The third-order valence-corrected chi connectivity index (χ3v) is 5.38. The molecule has 1 aliphatic rings. The van der Waals surface area contributed by atoms with Crippen molar-refractivity contribution in [2.24, 2.45) is 0 Å². The van der Waals surface area contributed by atoms with Crippen molar-refractivity contribution in [2.45, 2.75) is 38.3 Å². The first-order valence-electron chi connectivity index (χ1n) is 10.1. The first-order valence-corrected chi connectivity index (χ1v) is 10.1. The lowest BCUT2D eigenvalue weighted by Crippen LogP contribution is -2.39. The van der Waals surface area contributed by atoms with E-state index in [1.807, 2.05) is 29.1 Å². The Balaban J connectivity index is 1.34. The summed E-state index contributed by atoms with van der Waals surface area (Å²) in [6, 6.07) is 16.6. The highest BCUT2D eigenvalue weighted by atomic mass is 19.1. The van der Waals surface area contributed by atoms with E-state index in [1.54, 1.807) is 18.2 Å². The second-order valence-corrected chi connectivity index (χ2v) is 7.38. The summed E-state index contributed by atoms with van der Waals surface area (Å²) in [5.41, 5.74) is 4.10. The van der Waals surface area contributed by atoms with Crippen molar-refractivity contribution in [3.8, 4) is 0 Å². The summed E-state index contributed by atoms with van der Waals surface area (Å²) in [5, 5.41) is 10.5. The predicted octanol–water partition coefficient (Wildman–Crippen LogP) is 3.99. The summed E-state index contributed by atoms with van der Waals surface area (Å²) in [5.74, 6) is -0.238. The molecule has 1 aromatic heterocycles. The Kier molecular flexibility index (Phi) is 5.89. The second-order valence-electron chi connectivity index (χ2n) is 7.38. The smallest absolute Gasteiger partial charge is 0.315 e. The van der Waals surface area contributed by atoms with Gasteiger partial charge in [0.15, 0.2) is 0 Å². The van der Waals surface area contributed by atoms with E-state index in [0.29, 0.717) is 18.5 Å². The van der Waals surface area contributed by atoms with Gasteiger partial charge in [0.25, 0.3) is 0 Å². The summed E-state index contributed by atoms with van der Waals surface area (Å²) in [4.78, 5) is 12.4. The quantitative estimate of drug-likeness (QED) is 0.666. The molecule has 1 unspecified atom stereocenters. The zero-order valence-electron chi connectivity index (χ0n) is 16.3. The van der Waals surface area contributed by atoms with Crippen LogP contribution in [0.2, 0.25) is 0 Å². The van der Waals surface area contributed by atoms with Gasteiger partial charge in [-0.25, -0.2) is 9.18 Å². The Bertz CT molecular complexity index is 970. The van der Waals surface area contributed by atoms with Gasteiger partial charge in [-0.3, -0.25) is 4.68 Å². The largest absolute Gasteiger partial charge is 0.338 e. The molecule has 2 aromatic carbocycles. The van der Waals surface area contributed by atoms with E-state index < -0.39 is 0 Å². The minimum absolute atomic E-state index is 0.0447. The van der Waals surface area contributed by atoms with Crippen LogP contribution in [0.5, 0.6) is 0 Å². The fourth-order valence-electron chi connectivity index (χ4n) is 3.88. The number of fused-ring (bicyclic) bond motifs is 1. The topological polar surface area (TPSA) is 59.0 Å². The number of hydrogen-bond donors (Lipinski definition) is 2. The molecule has 29 heavy (non-hydrogen) atoms. The van der Waals surface area contributed by atoms with Crippen molar-refractivity contribution in [1.29, 1.82) is 0 Å². The molecule has 1 heterocycles. The van der Waals surface area contributed by atoms with Gasteiger partial charge in [-0.05, 0) is 42.9 Å². The summed E-state index contributed by atoms with van der Waals surface area (Å²) in [7, 11) is 0. The highest BCUT2D eigenvalue weighted by Gasteiger charge is 2.25. The van der Waals surface area contributed by atoms with Gasteiger partial charge in [-0.2, -0.15) is 5.10 Å². The molecule has 0 spiro atoms. The molecule has 5 nitrogen and oxygen atoms in total. The van der Waals surface area contributed by atoms with Gasteiger partial charge in [-0.15, -0.1) is 0 Å². The Morgan fingerprint density at radius 1 is 1.14 bits per heavy atom. The van der Waals surface area contributed by atoms with E-state index in [4.69, 9.17) is 0 Å². The lowest BCUT2D eigenvalue weighted by atomic mass is 9.93. The summed E-state index contributed by atoms with van der Waals surface area (Å²) < 4.78 is 15.7. The lowest BCUT2D eigenvalue weighted by Gasteiger charge is -2.24. The zero-order valence-corrected chi connectivity index (χ0v) is 16.3. The van der Waals surface area contributed by atoms with Gasteiger partial charge >= 0.3 is 6.03 Å². The summed E-state index contributed by atoms with van der Waals surface area (Å²) in [6.07, 6.45) is 5.21. The van der Waals surface area contributed by atoms with Crippen LogP contribution in [-0.2, 0) is 19.4 Å². The Morgan fingerprint density at radius 2 is 1.93 bits per heavy atom. The zero-order chi connectivity index (χ0) is 20.1. The molecular formula is C23H25FN4O. The Morgan fingerprint density at radius 3 is 2.76 bits per heavy atom. The van der Waals surface area contributed by atoms with Crippen LogP contribution in [0.1, 0.15) is 41.3 Å². The molecule has 1 atom stereocenters. The molecule has 150 valence electrons. The predicted molar refractivity (Wildman–Crippen MR) is 110 cm³/mol. The van der Waals surface area contributed by atoms with Gasteiger partial charge in [0.1, 0.15) is 5.82 Å². The van der Waals surface area contributed by atoms with Crippen LogP contribution in [0, 0.1) is 5.82 Å². The molecule has 1 aliphatic carbocycles. The molecule has 0 fully saturated rings. The number of nitrogens with one attached hydrogen (secondary N) is 2. The number of nitrogens with zero attached hydrogens (tertiary/aromatic N) is 2. The molecule has 2 amide bonds. The van der Waals surface area contributed by atoms with Crippen molar-refractivity contribution < 1.29 is 9.18 Å². The number of amides is 2. The van der Waals surface area contributed by atoms with Crippen LogP contribution in [-0.4, -0.2) is 22.4 Å². The SMILES string of the molecule is O=C(NCCc1ccccc1F)NC1CCCc2c1cnn2Cc1ccccc1. The third-order valence-electron chi connectivity index (χ3n) is 5.38. The van der Waals surface area contributed by atoms with E-state index in [-0.39, 0.29) is 17.9 Å². The van der Waals surface area contributed by atoms with E-state index in [0.717, 1.165) is 31.4 Å². The maximum Gasteiger partial charge on any atom is 0.315 e. The number of hydrogen-bond acceptors (Lipinski definition) is 2. The van der Waals surface area contributed by atoms with Gasteiger partial charge in [0.05, 0.1) is 18.8 Å². The highest BCUT2D eigenvalue weighted by Crippen LogP contribution is 2.29. The van der Waals surface area contributed by atoms with Crippen LogP contribution in [0.3, 0.4) is 0 Å². The molecule has 0 bridgehead atoms. The molecule has 0 aliphatic heterocycles. The Hall–Kier alpha value is -3.15. The lowest BCUT2D eigenvalue weighted by molar-refractivity contribution is 0.235. The van der Waals surface area contributed by atoms with Gasteiger partial charge < -0.3 is 10.6 Å². The molecule has 0 saturated carbocycles. The molecule has 4 rings (SSSR count). The van der Waals surface area contributed by atoms with Crippen molar-refractivity contribution in [1.82, 2.24) is 20.4 Å². The van der Waals surface area contributed by atoms with Crippen molar-refractivity contribution in [3.63, 3.8) is 0 Å². The van der Waals surface area contributed by atoms with E-state index >= 15 is 0 Å². The number of rotatable bonds is 6. The van der Waals surface area contributed by atoms with Crippen molar-refractivity contribution in [3.05, 3.63) is 89.0 Å². The average molecular weight is 392 g/mol. The molecule has 3 aromatic rings. The first kappa shape index (κ1) is 19.2. The van der Waals surface area contributed by atoms with Crippen LogP contribution in [0.25, 0.3) is 0 Å². The van der Waals surface area contributed by atoms with Crippen LogP contribution >= 0.6 is 0 Å². The van der Waals surface area contributed by atoms with Crippen molar-refractivity contribution in [2.75, 3.05) is 6.54 Å². The van der Waals surface area contributed by atoms with Crippen LogP contribution in [0.4, 0.5) is 9.18 Å². The number of aromatic nitrogens is 2. The van der Waals surface area contributed by atoms with Gasteiger partial charge in [0, 0.05) is 17.8 Å². The maximum absolute atomic E-state index is 13.7. The minimum Gasteiger partial charge on any atom is -0.338 e. The molecule has 6 heteroatoms. The average Bonchev–Trinajstić information content (AvgIpc) is 3.14. The fraction of sp³-hybridized carbons (Fsp3) is 0.304. The standard InChI is InChI=1S/C23H25FN4O/c24-20-10-5-4-9-18(20)13-14-25-23(29)27-21-11-6-12-22-19(21)15-26-28(22)16-17-7-2-1-3-8-17/h1-5,7-10,15,21H,6,11-14,16H2,(H2,25,27,29). The van der Waals surface area contributed by atoms with Gasteiger partial charge in [0.2, 0.25) is 0 Å². The molecular weight excluding hydrogens is 367 g/mol. The van der Waals surface area contributed by atoms with Gasteiger partial charge in [-0.1, -0.05) is 48.5 Å². The van der Waals surface area contributed by atoms with Crippen molar-refractivity contribution >= 4 is 6.03 Å². The third kappa shape index (κ3) is 4.65. The molecule has 2 N–H and O–H groups in total. The number of urea groups is 1. The minimum atomic E-state index is -0.238. The number of benzene rings is 2. The number of carbonyl (C=O) groups is 1. The molecule has 0 saturated heterocycles. The monoisotopic (exact) mass is 392 g/mol. The van der Waals surface area contributed by atoms with Crippen LogP contribution < -0.4 is 10.6 Å². The maximum atomic E-state index is 13.7. The van der Waals surface area contributed by atoms with E-state index in [2.05, 4.69) is 27.9 Å². The fourth-order valence-corrected chi connectivity index (χ4v) is 3.88. The van der Waals surface area contributed by atoms with E-state index in [9.17, 15) is 9.18 Å². The summed E-state index contributed by atoms with van der Waals surface area (Å²) in [6.45, 7) is 1.12.